The Hall–Kier alpha value is -1.84. The van der Waals surface area contributed by atoms with Crippen LogP contribution in [0.2, 0.25) is 0 Å². The van der Waals surface area contributed by atoms with Crippen LogP contribution in [0.25, 0.3) is 0 Å². The Kier molecular flexibility index (Phi) is 4.05. The van der Waals surface area contributed by atoms with Crippen molar-refractivity contribution < 1.29 is 0 Å². The van der Waals surface area contributed by atoms with Crippen LogP contribution in [0.15, 0.2) is 35.8 Å². The van der Waals surface area contributed by atoms with E-state index in [0.29, 0.717) is 12.4 Å². The molecule has 16 heavy (non-hydrogen) atoms. The van der Waals surface area contributed by atoms with E-state index in [-0.39, 0.29) is 0 Å². The van der Waals surface area contributed by atoms with Crippen molar-refractivity contribution >= 4 is 0 Å². The molecule has 0 saturated heterocycles. The number of hydrogen-bond donors (Lipinski definition) is 2. The van der Waals surface area contributed by atoms with E-state index in [9.17, 15) is 4.91 Å². The van der Waals surface area contributed by atoms with Gasteiger partial charge in [-0.3, -0.25) is 0 Å². The van der Waals surface area contributed by atoms with Gasteiger partial charge in [0.15, 0.2) is 0 Å². The second kappa shape index (κ2) is 5.30. The van der Waals surface area contributed by atoms with Gasteiger partial charge in [-0.25, -0.2) is 0 Å². The second-order valence-electron chi connectivity index (χ2n) is 3.95. The fraction of sp³-hybridized carbons (Fsp3) is 0.333. The first kappa shape index (κ1) is 12.2. The zero-order valence-electron chi connectivity index (χ0n) is 9.66. The number of nitrogens with two attached hydrogens (primary N) is 1. The molecule has 0 amide bonds. The third kappa shape index (κ3) is 3.38. The van der Waals surface area contributed by atoms with Crippen molar-refractivity contribution in [1.82, 2.24) is 5.32 Å². The predicted molar refractivity (Wildman–Crippen MR) is 65.8 cm³/mol. The molecule has 86 valence electrons. The summed E-state index contributed by atoms with van der Waals surface area (Å²) < 4.78 is 0. The fourth-order valence-electron chi connectivity index (χ4n) is 1.65. The highest BCUT2D eigenvalue weighted by Crippen LogP contribution is 2.19. The summed E-state index contributed by atoms with van der Waals surface area (Å²) in [5.74, 6) is 0.345. The third-order valence-corrected chi connectivity index (χ3v) is 2.28. The Bertz CT molecular complexity index is 381. The Morgan fingerprint density at radius 3 is 2.44 bits per heavy atom. The van der Waals surface area contributed by atoms with Crippen LogP contribution in [0, 0.1) is 18.8 Å². The van der Waals surface area contributed by atoms with Crippen molar-refractivity contribution in [3.63, 3.8) is 0 Å². The maximum Gasteiger partial charge on any atom is 0.134 e. The quantitative estimate of drug-likeness (QED) is 0.745. The zero-order valence-corrected chi connectivity index (χ0v) is 9.66. The summed E-state index contributed by atoms with van der Waals surface area (Å²) in [5, 5.41) is 5.93. The van der Waals surface area contributed by atoms with Crippen LogP contribution in [0.4, 0.5) is 0 Å². The average molecular weight is 219 g/mol. The summed E-state index contributed by atoms with van der Waals surface area (Å²) in [7, 11) is 0. The van der Waals surface area contributed by atoms with Gasteiger partial charge >= 0.3 is 0 Å². The van der Waals surface area contributed by atoms with E-state index in [0.717, 1.165) is 16.7 Å². The third-order valence-electron chi connectivity index (χ3n) is 2.28. The Morgan fingerprint density at radius 2 is 2.00 bits per heavy atom. The highest BCUT2D eigenvalue weighted by molar-refractivity contribution is 5.31. The molecule has 1 unspecified atom stereocenters. The molecule has 3 N–H and O–H groups in total. The Labute approximate surface area is 95.5 Å². The molecule has 0 aliphatic heterocycles. The Morgan fingerprint density at radius 1 is 1.44 bits per heavy atom. The summed E-state index contributed by atoms with van der Waals surface area (Å²) in [4.78, 5) is 10.8. The molecule has 0 bridgehead atoms. The molecule has 0 aliphatic carbocycles. The van der Waals surface area contributed by atoms with Crippen molar-refractivity contribution in [1.29, 1.82) is 0 Å². The molecule has 0 fully saturated rings. The lowest BCUT2D eigenvalue weighted by Gasteiger charge is -2.12. The largest absolute Gasteiger partial charge is 0.386 e. The number of aryl methyl sites for hydroxylation is 2. The van der Waals surface area contributed by atoms with E-state index in [1.165, 1.54) is 0 Å². The molecule has 1 aromatic rings. The van der Waals surface area contributed by atoms with Crippen molar-refractivity contribution in [2.75, 3.05) is 6.54 Å². The summed E-state index contributed by atoms with van der Waals surface area (Å²) in [5.41, 5.74) is 8.53. The van der Waals surface area contributed by atoms with E-state index in [1.807, 2.05) is 26.0 Å². The number of hydrogen-bond acceptors (Lipinski definition) is 4. The molecule has 0 aliphatic rings. The lowest BCUT2D eigenvalue weighted by atomic mass is 10.0. The van der Waals surface area contributed by atoms with Crippen molar-refractivity contribution in [2.45, 2.75) is 19.9 Å². The highest BCUT2D eigenvalue weighted by Gasteiger charge is 2.12. The smallest absolute Gasteiger partial charge is 0.134 e. The summed E-state index contributed by atoms with van der Waals surface area (Å²) >= 11 is 0. The molecular formula is C12H17N3O. The van der Waals surface area contributed by atoms with Gasteiger partial charge in [-0.05, 0) is 19.4 Å². The topological polar surface area (TPSA) is 67.5 Å². The highest BCUT2D eigenvalue weighted by atomic mass is 16.3. The molecule has 0 saturated carbocycles. The first-order valence-corrected chi connectivity index (χ1v) is 5.12. The minimum atomic E-state index is -0.432. The van der Waals surface area contributed by atoms with E-state index < -0.39 is 6.04 Å². The number of benzene rings is 1. The molecule has 0 spiro atoms. The standard InChI is InChI=1S/C12H17N3O/c1-8-4-9(2)6-11(5-8)12(15-16)7-14-10(3)13/h4-6,12,14H,3,7,13H2,1-2H3. The van der Waals surface area contributed by atoms with Crippen LogP contribution in [0.3, 0.4) is 0 Å². The molecule has 4 heteroatoms. The summed E-state index contributed by atoms with van der Waals surface area (Å²) in [6.45, 7) is 7.88. The van der Waals surface area contributed by atoms with Crippen LogP contribution in [0.1, 0.15) is 22.7 Å². The van der Waals surface area contributed by atoms with Crippen LogP contribution < -0.4 is 11.1 Å². The lowest BCUT2D eigenvalue weighted by molar-refractivity contribution is 0.648. The van der Waals surface area contributed by atoms with Crippen LogP contribution in [0.5, 0.6) is 0 Å². The van der Waals surface area contributed by atoms with Gasteiger partial charge in [0.05, 0.1) is 5.82 Å². The Balaban J connectivity index is 2.85. The van der Waals surface area contributed by atoms with Crippen LogP contribution >= 0.6 is 0 Å². The monoisotopic (exact) mass is 219 g/mol. The minimum Gasteiger partial charge on any atom is -0.386 e. The molecular weight excluding hydrogens is 202 g/mol. The minimum absolute atomic E-state index is 0.345. The molecule has 1 atom stereocenters. The van der Waals surface area contributed by atoms with E-state index >= 15 is 0 Å². The lowest BCUT2D eigenvalue weighted by Crippen LogP contribution is -2.23. The normalized spacial score (nSPS) is 11.9. The van der Waals surface area contributed by atoms with Gasteiger partial charge in [-0.15, -0.1) is 0 Å². The second-order valence-corrected chi connectivity index (χ2v) is 3.95. The first-order chi connectivity index (χ1) is 7.52. The summed E-state index contributed by atoms with van der Waals surface area (Å²) in [6, 6.07) is 5.54. The van der Waals surface area contributed by atoms with Crippen LogP contribution in [-0.4, -0.2) is 6.54 Å². The van der Waals surface area contributed by atoms with E-state index in [4.69, 9.17) is 5.73 Å². The SMILES string of the molecule is C=C(N)NCC(N=O)c1cc(C)cc(C)c1. The number of rotatable bonds is 5. The van der Waals surface area contributed by atoms with Gasteiger partial charge in [-0.1, -0.05) is 41.1 Å². The number of nitrogens with one attached hydrogen (secondary N) is 1. The van der Waals surface area contributed by atoms with Crippen LogP contribution in [-0.2, 0) is 0 Å². The van der Waals surface area contributed by atoms with Gasteiger partial charge < -0.3 is 11.1 Å². The molecule has 0 aromatic heterocycles. The molecule has 1 rings (SSSR count). The average Bonchev–Trinajstić information content (AvgIpc) is 2.16. The molecule has 0 heterocycles. The zero-order chi connectivity index (χ0) is 12.1. The first-order valence-electron chi connectivity index (χ1n) is 5.12. The fourth-order valence-corrected chi connectivity index (χ4v) is 1.65. The van der Waals surface area contributed by atoms with Gasteiger partial charge in [0, 0.05) is 6.54 Å². The maximum absolute atomic E-state index is 10.8. The maximum atomic E-state index is 10.8. The van der Waals surface area contributed by atoms with Crippen molar-refractivity contribution in [3.8, 4) is 0 Å². The molecule has 0 radical (unpaired) electrons. The molecule has 1 aromatic carbocycles. The van der Waals surface area contributed by atoms with Gasteiger partial charge in [-0.2, -0.15) is 4.91 Å². The van der Waals surface area contributed by atoms with Gasteiger partial charge in [0.2, 0.25) is 0 Å². The summed E-state index contributed by atoms with van der Waals surface area (Å²) in [6.07, 6.45) is 0. The molecule has 4 nitrogen and oxygen atoms in total. The predicted octanol–water partition coefficient (Wildman–Crippen LogP) is 2.13. The van der Waals surface area contributed by atoms with E-state index in [1.54, 1.807) is 0 Å². The van der Waals surface area contributed by atoms with Gasteiger partial charge in [0.25, 0.3) is 0 Å². The number of nitrogens with zero attached hydrogens (tertiary/aromatic N) is 1. The van der Waals surface area contributed by atoms with E-state index in [2.05, 4.69) is 23.1 Å². The number of nitroso groups, excluding NO2 is 1. The van der Waals surface area contributed by atoms with Crippen molar-refractivity contribution in [3.05, 3.63) is 52.2 Å². The van der Waals surface area contributed by atoms with Crippen molar-refractivity contribution in [2.24, 2.45) is 10.9 Å². The van der Waals surface area contributed by atoms with Gasteiger partial charge in [0.1, 0.15) is 6.04 Å².